The summed E-state index contributed by atoms with van der Waals surface area (Å²) in [5.74, 6) is -0.390. The van der Waals surface area contributed by atoms with Crippen molar-refractivity contribution in [2.24, 2.45) is 11.8 Å². The molecule has 0 aliphatic heterocycles. The molecular formula is C24H28F3NO5S. The monoisotopic (exact) mass is 499 g/mol. The van der Waals surface area contributed by atoms with Crippen LogP contribution < -0.4 is 14.8 Å². The first-order valence-corrected chi connectivity index (χ1v) is 12.6. The van der Waals surface area contributed by atoms with Gasteiger partial charge in [0, 0.05) is 11.6 Å². The van der Waals surface area contributed by atoms with Crippen LogP contribution in [0.4, 0.5) is 18.9 Å². The number of ether oxygens (including phenoxy) is 2. The van der Waals surface area contributed by atoms with E-state index in [4.69, 9.17) is 4.74 Å². The van der Waals surface area contributed by atoms with E-state index in [-0.39, 0.29) is 28.4 Å². The summed E-state index contributed by atoms with van der Waals surface area (Å²) in [5, 5.41) is 2.14. The van der Waals surface area contributed by atoms with Crippen molar-refractivity contribution in [1.29, 1.82) is 0 Å². The molecule has 1 aliphatic rings. The van der Waals surface area contributed by atoms with Gasteiger partial charge in [-0.1, -0.05) is 6.42 Å². The molecule has 0 aromatic heterocycles. The minimum Gasteiger partial charge on any atom is -0.497 e. The van der Waals surface area contributed by atoms with Gasteiger partial charge in [-0.3, -0.25) is 4.79 Å². The van der Waals surface area contributed by atoms with Gasteiger partial charge in [0.25, 0.3) is 0 Å². The summed E-state index contributed by atoms with van der Waals surface area (Å²) >= 11 is 0. The number of methoxy groups -OCH3 is 1. The molecule has 34 heavy (non-hydrogen) atoms. The van der Waals surface area contributed by atoms with Crippen molar-refractivity contribution in [3.63, 3.8) is 0 Å². The Morgan fingerprint density at radius 3 is 2.18 bits per heavy atom. The van der Waals surface area contributed by atoms with Gasteiger partial charge >= 0.3 is 6.36 Å². The molecule has 3 rings (SSSR count). The van der Waals surface area contributed by atoms with Gasteiger partial charge in [-0.15, -0.1) is 13.2 Å². The molecule has 1 fully saturated rings. The van der Waals surface area contributed by atoms with Gasteiger partial charge in [-0.2, -0.15) is 0 Å². The second-order valence-electron chi connectivity index (χ2n) is 8.45. The minimum atomic E-state index is -4.78. The number of nitrogens with one attached hydrogen (secondary N) is 1. The zero-order chi connectivity index (χ0) is 24.9. The summed E-state index contributed by atoms with van der Waals surface area (Å²) in [5.41, 5.74) is 0.371. The molecule has 0 saturated heterocycles. The molecule has 0 heterocycles. The molecule has 3 unspecified atom stereocenters. The van der Waals surface area contributed by atoms with Gasteiger partial charge in [0.15, 0.2) is 9.84 Å². The van der Waals surface area contributed by atoms with E-state index in [2.05, 4.69) is 10.1 Å². The highest BCUT2D eigenvalue weighted by Gasteiger charge is 2.34. The number of hydrogen-bond acceptors (Lipinski definition) is 5. The molecule has 1 N–H and O–H groups in total. The van der Waals surface area contributed by atoms with Crippen LogP contribution in [0.2, 0.25) is 0 Å². The fraction of sp³-hybridized carbons (Fsp3) is 0.458. The lowest BCUT2D eigenvalue weighted by molar-refractivity contribution is -0.274. The lowest BCUT2D eigenvalue weighted by atomic mass is 9.95. The minimum absolute atomic E-state index is 0.0799. The Bertz CT molecular complexity index is 1070. The first-order chi connectivity index (χ1) is 16.0. The number of anilines is 1. The summed E-state index contributed by atoms with van der Waals surface area (Å²) in [6.45, 7) is 1.72. The lowest BCUT2D eigenvalue weighted by Gasteiger charge is -2.23. The quantitative estimate of drug-likeness (QED) is 0.502. The fourth-order valence-electron chi connectivity index (χ4n) is 4.28. The van der Waals surface area contributed by atoms with Gasteiger partial charge < -0.3 is 14.8 Å². The molecule has 1 amide bonds. The molecule has 10 heteroatoms. The number of carbonyl (C=O) groups is 1. The number of carbonyl (C=O) groups excluding carboxylic acids is 1. The van der Waals surface area contributed by atoms with Crippen LogP contribution >= 0.6 is 0 Å². The van der Waals surface area contributed by atoms with Crippen molar-refractivity contribution in [1.82, 2.24) is 0 Å². The highest BCUT2D eigenvalue weighted by Crippen LogP contribution is 2.35. The van der Waals surface area contributed by atoms with Crippen LogP contribution in [-0.2, 0) is 14.6 Å². The SMILES string of the molecule is COc1ccc(S(=O)(=O)C(C)C2CCCC(C(=O)Nc3ccc(OC(F)(F)F)cc3)CC2)cc1. The number of hydrogen-bond donors (Lipinski definition) is 1. The molecule has 0 spiro atoms. The molecular weight excluding hydrogens is 471 g/mol. The van der Waals surface area contributed by atoms with Crippen molar-refractivity contribution in [2.45, 2.75) is 55.5 Å². The van der Waals surface area contributed by atoms with E-state index < -0.39 is 21.4 Å². The predicted octanol–water partition coefficient (Wildman–Crippen LogP) is 5.59. The number of amides is 1. The number of rotatable bonds is 7. The van der Waals surface area contributed by atoms with Gasteiger partial charge in [-0.25, -0.2) is 8.42 Å². The van der Waals surface area contributed by atoms with E-state index in [9.17, 15) is 26.4 Å². The summed E-state index contributed by atoms with van der Waals surface area (Å²) in [4.78, 5) is 13.0. The Balaban J connectivity index is 1.59. The van der Waals surface area contributed by atoms with E-state index in [1.807, 2.05) is 0 Å². The van der Waals surface area contributed by atoms with Crippen LogP contribution in [0.1, 0.15) is 39.0 Å². The second kappa shape index (κ2) is 10.7. The topological polar surface area (TPSA) is 81.7 Å². The van der Waals surface area contributed by atoms with Gasteiger partial charge in [-0.05, 0) is 87.1 Å². The molecule has 1 saturated carbocycles. The lowest BCUT2D eigenvalue weighted by Crippen LogP contribution is -2.27. The number of sulfone groups is 1. The predicted molar refractivity (Wildman–Crippen MR) is 121 cm³/mol. The molecule has 6 nitrogen and oxygen atoms in total. The maximum atomic E-state index is 13.1. The molecule has 1 aliphatic carbocycles. The fourth-order valence-corrected chi connectivity index (χ4v) is 6.00. The zero-order valence-electron chi connectivity index (χ0n) is 19.0. The number of halogens is 3. The Hall–Kier alpha value is -2.75. The maximum absolute atomic E-state index is 13.1. The third kappa shape index (κ3) is 6.65. The van der Waals surface area contributed by atoms with Gasteiger partial charge in [0.1, 0.15) is 11.5 Å². The smallest absolute Gasteiger partial charge is 0.497 e. The van der Waals surface area contributed by atoms with Crippen molar-refractivity contribution in [2.75, 3.05) is 12.4 Å². The van der Waals surface area contributed by atoms with Gasteiger partial charge in [0.05, 0.1) is 17.3 Å². The van der Waals surface area contributed by atoms with Crippen molar-refractivity contribution >= 4 is 21.4 Å². The average molecular weight is 500 g/mol. The summed E-state index contributed by atoms with van der Waals surface area (Å²) in [6, 6.07) is 11.3. The first-order valence-electron chi connectivity index (χ1n) is 11.0. The van der Waals surface area contributed by atoms with E-state index in [0.29, 0.717) is 43.5 Å². The van der Waals surface area contributed by atoms with Crippen LogP contribution in [0.25, 0.3) is 0 Å². The van der Waals surface area contributed by atoms with Gasteiger partial charge in [0.2, 0.25) is 5.91 Å². The molecule has 186 valence electrons. The highest BCUT2D eigenvalue weighted by atomic mass is 32.2. The second-order valence-corrected chi connectivity index (χ2v) is 10.8. The van der Waals surface area contributed by atoms with Crippen LogP contribution in [0.3, 0.4) is 0 Å². The molecule has 3 atom stereocenters. The van der Waals surface area contributed by atoms with E-state index >= 15 is 0 Å². The normalized spacial score (nSPS) is 20.1. The first kappa shape index (κ1) is 25.9. The van der Waals surface area contributed by atoms with E-state index in [0.717, 1.165) is 12.1 Å². The molecule has 2 aromatic carbocycles. The van der Waals surface area contributed by atoms with Crippen LogP contribution in [0.5, 0.6) is 11.5 Å². The molecule has 2 aromatic rings. The van der Waals surface area contributed by atoms with Crippen molar-refractivity contribution < 1.29 is 35.9 Å². The maximum Gasteiger partial charge on any atom is 0.573 e. The third-order valence-corrected chi connectivity index (χ3v) is 8.57. The number of benzene rings is 2. The molecule has 0 bridgehead atoms. The highest BCUT2D eigenvalue weighted by molar-refractivity contribution is 7.92. The van der Waals surface area contributed by atoms with Crippen LogP contribution in [0, 0.1) is 11.8 Å². The van der Waals surface area contributed by atoms with Crippen molar-refractivity contribution in [3.8, 4) is 11.5 Å². The third-order valence-electron chi connectivity index (χ3n) is 6.28. The summed E-state index contributed by atoms with van der Waals surface area (Å²) < 4.78 is 72.0. The zero-order valence-corrected chi connectivity index (χ0v) is 19.8. The number of alkyl halides is 3. The Morgan fingerprint density at radius 2 is 1.59 bits per heavy atom. The van der Waals surface area contributed by atoms with Crippen molar-refractivity contribution in [3.05, 3.63) is 48.5 Å². The van der Waals surface area contributed by atoms with Crippen LogP contribution in [-0.4, -0.2) is 33.0 Å². The Morgan fingerprint density at radius 1 is 0.971 bits per heavy atom. The van der Waals surface area contributed by atoms with Crippen LogP contribution in [0.15, 0.2) is 53.4 Å². The standard InChI is InChI=1S/C24H28F3NO5S/c1-16(34(30,31)22-14-12-20(32-2)13-15-22)17-4-3-5-18(7-6-17)23(29)28-19-8-10-21(11-9-19)33-24(25,26)27/h8-18H,3-7H2,1-2H3,(H,28,29). The molecule has 0 radical (unpaired) electrons. The Labute approximate surface area is 197 Å². The van der Waals surface area contributed by atoms with E-state index in [1.165, 1.54) is 19.2 Å². The summed E-state index contributed by atoms with van der Waals surface area (Å²) in [6.07, 6.45) is -1.62. The largest absolute Gasteiger partial charge is 0.573 e. The average Bonchev–Trinajstić information content (AvgIpc) is 3.05. The Kier molecular flexibility index (Phi) is 8.12. The summed E-state index contributed by atoms with van der Waals surface area (Å²) in [7, 11) is -2.02. The van der Waals surface area contributed by atoms with E-state index in [1.54, 1.807) is 31.2 Å².